The number of aromatic nitrogens is 2. The lowest BCUT2D eigenvalue weighted by molar-refractivity contribution is 0.332. The molecule has 2 atom stereocenters. The van der Waals surface area contributed by atoms with Crippen molar-refractivity contribution in [1.82, 2.24) is 14.5 Å². The third-order valence-corrected chi connectivity index (χ3v) is 5.22. The monoisotopic (exact) mass is 417 g/mol. The zero-order chi connectivity index (χ0) is 15.0. The van der Waals surface area contributed by atoms with E-state index in [0.717, 1.165) is 24.4 Å². The molecule has 0 spiro atoms. The van der Waals surface area contributed by atoms with Crippen molar-refractivity contribution in [3.63, 3.8) is 0 Å². The van der Waals surface area contributed by atoms with Crippen LogP contribution in [-0.4, -0.2) is 34.1 Å². The molecule has 0 amide bonds. The summed E-state index contributed by atoms with van der Waals surface area (Å²) in [4.78, 5) is 7.29. The minimum atomic E-state index is -0.0567. The molecule has 1 fully saturated rings. The molecule has 3 rings (SSSR count). The topological polar surface area (TPSA) is 21.1 Å². The van der Waals surface area contributed by atoms with Crippen molar-refractivity contribution in [2.45, 2.75) is 32.2 Å². The highest BCUT2D eigenvalue weighted by molar-refractivity contribution is 14.1. The zero-order valence-corrected chi connectivity index (χ0v) is 15.4. The van der Waals surface area contributed by atoms with Crippen LogP contribution >= 0.6 is 34.2 Å². The summed E-state index contributed by atoms with van der Waals surface area (Å²) >= 11 is 8.70. The first-order valence-electron chi connectivity index (χ1n) is 7.60. The van der Waals surface area contributed by atoms with Crippen LogP contribution < -0.4 is 0 Å². The molecule has 0 saturated carbocycles. The molecule has 114 valence electrons. The lowest BCUT2D eigenvalue weighted by Gasteiger charge is -2.16. The third kappa shape index (κ3) is 3.22. The molecule has 1 aromatic heterocycles. The molecule has 0 bridgehead atoms. The van der Waals surface area contributed by atoms with Gasteiger partial charge < -0.3 is 9.47 Å². The quantitative estimate of drug-likeness (QED) is 0.547. The van der Waals surface area contributed by atoms with Crippen LogP contribution in [0.2, 0.25) is 0 Å². The Morgan fingerprint density at radius 2 is 2.29 bits per heavy atom. The Labute approximate surface area is 144 Å². The summed E-state index contributed by atoms with van der Waals surface area (Å²) in [6.45, 7) is 8.84. The molecule has 1 aliphatic heterocycles. The van der Waals surface area contributed by atoms with E-state index in [0.29, 0.717) is 5.92 Å². The molecular weight excluding hydrogens is 397 g/mol. The number of rotatable bonds is 4. The standard InChI is InChI=1S/C16H21ClIN3/c1-3-20-7-6-12(9-20)10-21-15-5-4-13(18)8-14(15)19-16(21)11(2)17/h4-5,8,11-12H,3,6-7,9-10H2,1-2H3. The van der Waals surface area contributed by atoms with Crippen LogP contribution in [0.15, 0.2) is 18.2 Å². The number of alkyl halides is 1. The first kappa shape index (κ1) is 15.6. The summed E-state index contributed by atoms with van der Waals surface area (Å²) in [6.07, 6.45) is 1.27. The van der Waals surface area contributed by atoms with Gasteiger partial charge in [0, 0.05) is 16.7 Å². The van der Waals surface area contributed by atoms with E-state index in [-0.39, 0.29) is 5.38 Å². The van der Waals surface area contributed by atoms with E-state index in [9.17, 15) is 0 Å². The Morgan fingerprint density at radius 3 is 2.95 bits per heavy atom. The van der Waals surface area contributed by atoms with E-state index in [4.69, 9.17) is 16.6 Å². The van der Waals surface area contributed by atoms with E-state index < -0.39 is 0 Å². The molecule has 1 aromatic carbocycles. The Balaban J connectivity index is 1.94. The van der Waals surface area contributed by atoms with Gasteiger partial charge >= 0.3 is 0 Å². The molecule has 2 aromatic rings. The largest absolute Gasteiger partial charge is 0.326 e. The van der Waals surface area contributed by atoms with Gasteiger partial charge in [0.05, 0.1) is 16.4 Å². The fourth-order valence-electron chi connectivity index (χ4n) is 3.22. The van der Waals surface area contributed by atoms with Gasteiger partial charge in [-0.25, -0.2) is 4.98 Å². The zero-order valence-electron chi connectivity index (χ0n) is 12.5. The van der Waals surface area contributed by atoms with Crippen LogP contribution in [0.25, 0.3) is 11.0 Å². The molecule has 21 heavy (non-hydrogen) atoms. The molecule has 2 unspecified atom stereocenters. The normalized spacial score (nSPS) is 21.2. The smallest absolute Gasteiger partial charge is 0.127 e. The van der Waals surface area contributed by atoms with Gasteiger partial charge in [0.2, 0.25) is 0 Å². The molecule has 3 nitrogen and oxygen atoms in total. The Morgan fingerprint density at radius 1 is 1.48 bits per heavy atom. The Bertz CT molecular complexity index is 638. The van der Waals surface area contributed by atoms with Gasteiger partial charge in [-0.2, -0.15) is 0 Å². The Hall–Kier alpha value is -0.330. The molecular formula is C16H21ClIN3. The maximum absolute atomic E-state index is 6.37. The number of hydrogen-bond donors (Lipinski definition) is 0. The highest BCUT2D eigenvalue weighted by Gasteiger charge is 2.24. The highest BCUT2D eigenvalue weighted by atomic mass is 127. The van der Waals surface area contributed by atoms with Crippen LogP contribution in [0.4, 0.5) is 0 Å². The summed E-state index contributed by atoms with van der Waals surface area (Å²) in [7, 11) is 0. The SMILES string of the molecule is CCN1CCC(Cn2c(C(C)Cl)nc3cc(I)ccc32)C1. The van der Waals surface area contributed by atoms with Crippen LogP contribution in [0.3, 0.4) is 0 Å². The fraction of sp³-hybridized carbons (Fsp3) is 0.562. The number of imidazole rings is 1. The van der Waals surface area contributed by atoms with E-state index in [1.807, 2.05) is 6.92 Å². The molecule has 1 saturated heterocycles. The van der Waals surface area contributed by atoms with Gasteiger partial charge in [-0.1, -0.05) is 6.92 Å². The average Bonchev–Trinajstić information content (AvgIpc) is 3.04. The van der Waals surface area contributed by atoms with Gasteiger partial charge in [0.25, 0.3) is 0 Å². The second-order valence-corrected chi connectivity index (χ2v) is 7.78. The maximum Gasteiger partial charge on any atom is 0.127 e. The maximum atomic E-state index is 6.37. The average molecular weight is 418 g/mol. The number of likely N-dealkylation sites (tertiary alicyclic amines) is 1. The molecule has 0 N–H and O–H groups in total. The summed E-state index contributed by atoms with van der Waals surface area (Å²) in [5, 5.41) is -0.0567. The summed E-state index contributed by atoms with van der Waals surface area (Å²) in [5.41, 5.74) is 2.28. The van der Waals surface area contributed by atoms with Gasteiger partial charge in [-0.3, -0.25) is 0 Å². The Kier molecular flexibility index (Phi) is 4.76. The number of benzene rings is 1. The lowest BCUT2D eigenvalue weighted by Crippen LogP contribution is -2.21. The van der Waals surface area contributed by atoms with Crippen LogP contribution in [0.1, 0.15) is 31.5 Å². The van der Waals surface area contributed by atoms with E-state index in [2.05, 4.69) is 57.2 Å². The van der Waals surface area contributed by atoms with Crippen molar-refractivity contribution < 1.29 is 0 Å². The van der Waals surface area contributed by atoms with Crippen molar-refractivity contribution in [2.24, 2.45) is 5.92 Å². The van der Waals surface area contributed by atoms with E-state index in [1.165, 1.54) is 28.6 Å². The van der Waals surface area contributed by atoms with Crippen LogP contribution in [-0.2, 0) is 6.54 Å². The van der Waals surface area contributed by atoms with E-state index >= 15 is 0 Å². The van der Waals surface area contributed by atoms with Gasteiger partial charge in [0.1, 0.15) is 5.82 Å². The predicted octanol–water partition coefficient (Wildman–Crippen LogP) is 4.28. The van der Waals surface area contributed by atoms with E-state index in [1.54, 1.807) is 0 Å². The van der Waals surface area contributed by atoms with Crippen molar-refractivity contribution >= 4 is 45.2 Å². The van der Waals surface area contributed by atoms with Crippen LogP contribution in [0.5, 0.6) is 0 Å². The minimum Gasteiger partial charge on any atom is -0.326 e. The number of hydrogen-bond acceptors (Lipinski definition) is 2. The number of fused-ring (bicyclic) bond motifs is 1. The number of halogens is 2. The summed E-state index contributed by atoms with van der Waals surface area (Å²) in [5.74, 6) is 1.71. The second kappa shape index (κ2) is 6.42. The third-order valence-electron chi connectivity index (χ3n) is 4.35. The van der Waals surface area contributed by atoms with Gasteiger partial charge in [0.15, 0.2) is 0 Å². The summed E-state index contributed by atoms with van der Waals surface area (Å²) < 4.78 is 3.56. The van der Waals surface area contributed by atoms with Crippen LogP contribution in [0, 0.1) is 9.49 Å². The highest BCUT2D eigenvalue weighted by Crippen LogP contribution is 2.28. The van der Waals surface area contributed by atoms with Gasteiger partial charge in [-0.05, 0) is 73.1 Å². The predicted molar refractivity (Wildman–Crippen MR) is 96.9 cm³/mol. The van der Waals surface area contributed by atoms with Crippen molar-refractivity contribution in [3.05, 3.63) is 27.6 Å². The molecule has 1 aliphatic rings. The molecule has 5 heteroatoms. The first-order valence-corrected chi connectivity index (χ1v) is 9.12. The number of nitrogens with zero attached hydrogens (tertiary/aromatic N) is 3. The second-order valence-electron chi connectivity index (χ2n) is 5.88. The van der Waals surface area contributed by atoms with Crippen molar-refractivity contribution in [2.75, 3.05) is 19.6 Å². The molecule has 2 heterocycles. The lowest BCUT2D eigenvalue weighted by atomic mass is 10.1. The molecule has 0 radical (unpaired) electrons. The van der Waals surface area contributed by atoms with Gasteiger partial charge in [-0.15, -0.1) is 11.6 Å². The van der Waals surface area contributed by atoms with Crippen molar-refractivity contribution in [3.8, 4) is 0 Å². The fourth-order valence-corrected chi connectivity index (χ4v) is 3.87. The first-order chi connectivity index (χ1) is 10.1. The van der Waals surface area contributed by atoms with Crippen molar-refractivity contribution in [1.29, 1.82) is 0 Å². The molecule has 0 aliphatic carbocycles. The minimum absolute atomic E-state index is 0.0567. The summed E-state index contributed by atoms with van der Waals surface area (Å²) in [6, 6.07) is 6.47.